The van der Waals surface area contributed by atoms with Crippen LogP contribution in [0.15, 0.2) is 24.3 Å². The Labute approximate surface area is 135 Å². The fraction of sp³-hybridized carbons (Fsp3) is 0.375. The molecule has 0 radical (unpaired) electrons. The van der Waals surface area contributed by atoms with E-state index in [2.05, 4.69) is 21.7 Å². The van der Waals surface area contributed by atoms with Crippen LogP contribution in [0, 0.1) is 13.8 Å². The molecule has 0 fully saturated rings. The van der Waals surface area contributed by atoms with Gasteiger partial charge in [0.25, 0.3) is 0 Å². The number of urea groups is 1. The molecular formula is C16H22N4OS. The van der Waals surface area contributed by atoms with Gasteiger partial charge >= 0.3 is 6.03 Å². The normalized spacial score (nSPS) is 10.4. The van der Waals surface area contributed by atoms with E-state index in [9.17, 15) is 4.79 Å². The molecule has 1 aromatic heterocycles. The van der Waals surface area contributed by atoms with Gasteiger partial charge in [-0.15, -0.1) is 11.3 Å². The molecule has 118 valence electrons. The van der Waals surface area contributed by atoms with Crippen molar-refractivity contribution in [2.75, 3.05) is 19.0 Å². The largest absolute Gasteiger partial charge is 0.378 e. The number of carbonyl (C=O) groups is 1. The Hall–Kier alpha value is -2.08. The second kappa shape index (κ2) is 7.26. The lowest BCUT2D eigenvalue weighted by molar-refractivity contribution is 0.240. The van der Waals surface area contributed by atoms with Crippen LogP contribution in [-0.4, -0.2) is 25.1 Å². The SMILES string of the molecule is Cc1nc(CNC(=O)NCc2cccc(N(C)C)c2)sc1C. The van der Waals surface area contributed by atoms with Gasteiger partial charge in [0.1, 0.15) is 5.01 Å². The number of nitrogens with one attached hydrogen (secondary N) is 2. The zero-order valence-electron chi connectivity index (χ0n) is 13.4. The monoisotopic (exact) mass is 318 g/mol. The smallest absolute Gasteiger partial charge is 0.315 e. The zero-order valence-corrected chi connectivity index (χ0v) is 14.3. The van der Waals surface area contributed by atoms with E-state index in [0.717, 1.165) is 22.0 Å². The number of benzene rings is 1. The minimum atomic E-state index is -0.180. The second-order valence-corrected chi connectivity index (χ2v) is 6.64. The number of aromatic nitrogens is 1. The van der Waals surface area contributed by atoms with E-state index < -0.39 is 0 Å². The van der Waals surface area contributed by atoms with Crippen molar-refractivity contribution in [3.63, 3.8) is 0 Å². The van der Waals surface area contributed by atoms with Crippen molar-refractivity contribution in [2.24, 2.45) is 0 Å². The third-order valence-electron chi connectivity index (χ3n) is 3.35. The first-order chi connectivity index (χ1) is 10.5. The van der Waals surface area contributed by atoms with Crippen molar-refractivity contribution in [1.82, 2.24) is 15.6 Å². The highest BCUT2D eigenvalue weighted by Crippen LogP contribution is 2.16. The summed E-state index contributed by atoms with van der Waals surface area (Å²) in [6, 6.07) is 7.91. The van der Waals surface area contributed by atoms with Crippen LogP contribution in [0.3, 0.4) is 0 Å². The van der Waals surface area contributed by atoms with Gasteiger partial charge in [0.05, 0.1) is 12.2 Å². The summed E-state index contributed by atoms with van der Waals surface area (Å²) < 4.78 is 0. The van der Waals surface area contributed by atoms with E-state index in [1.165, 1.54) is 4.88 Å². The van der Waals surface area contributed by atoms with E-state index >= 15 is 0 Å². The van der Waals surface area contributed by atoms with E-state index in [1.54, 1.807) is 11.3 Å². The fourth-order valence-corrected chi connectivity index (χ4v) is 2.83. The number of thiazole rings is 1. The summed E-state index contributed by atoms with van der Waals surface area (Å²) in [4.78, 5) is 19.5. The van der Waals surface area contributed by atoms with E-state index in [0.29, 0.717) is 13.1 Å². The molecule has 0 saturated heterocycles. The van der Waals surface area contributed by atoms with Gasteiger partial charge in [-0.05, 0) is 31.5 Å². The first kappa shape index (κ1) is 16.3. The van der Waals surface area contributed by atoms with Crippen LogP contribution in [0.2, 0.25) is 0 Å². The molecule has 0 spiro atoms. The summed E-state index contributed by atoms with van der Waals surface area (Å²) in [5, 5.41) is 6.63. The predicted molar refractivity (Wildman–Crippen MR) is 91.4 cm³/mol. The Bertz CT molecular complexity index is 632. The Morgan fingerprint density at radius 3 is 2.59 bits per heavy atom. The number of aryl methyl sites for hydroxylation is 2. The molecule has 22 heavy (non-hydrogen) atoms. The molecule has 0 unspecified atom stereocenters. The topological polar surface area (TPSA) is 57.3 Å². The molecule has 6 heteroatoms. The Morgan fingerprint density at radius 1 is 1.23 bits per heavy atom. The number of amides is 2. The molecule has 0 bridgehead atoms. The average molecular weight is 318 g/mol. The van der Waals surface area contributed by atoms with Crippen LogP contribution in [0.1, 0.15) is 21.1 Å². The first-order valence-corrected chi connectivity index (χ1v) is 7.98. The molecule has 2 N–H and O–H groups in total. The first-order valence-electron chi connectivity index (χ1n) is 7.16. The molecule has 0 saturated carbocycles. The quantitative estimate of drug-likeness (QED) is 0.891. The molecule has 5 nitrogen and oxygen atoms in total. The van der Waals surface area contributed by atoms with Crippen LogP contribution in [0.4, 0.5) is 10.5 Å². The Balaban J connectivity index is 1.81. The van der Waals surface area contributed by atoms with Crippen molar-refractivity contribution in [2.45, 2.75) is 26.9 Å². The van der Waals surface area contributed by atoms with Crippen LogP contribution in [-0.2, 0) is 13.1 Å². The van der Waals surface area contributed by atoms with Crippen LogP contribution >= 0.6 is 11.3 Å². The van der Waals surface area contributed by atoms with E-state index in [1.807, 2.05) is 51.0 Å². The van der Waals surface area contributed by atoms with Crippen LogP contribution in [0.25, 0.3) is 0 Å². The van der Waals surface area contributed by atoms with E-state index in [4.69, 9.17) is 0 Å². The molecule has 0 aliphatic heterocycles. The number of hydrogen-bond acceptors (Lipinski definition) is 4. The van der Waals surface area contributed by atoms with Gasteiger partial charge in [-0.2, -0.15) is 0 Å². The number of carbonyl (C=O) groups excluding carboxylic acids is 1. The maximum absolute atomic E-state index is 11.8. The molecule has 2 aromatic rings. The summed E-state index contributed by atoms with van der Waals surface area (Å²) in [6.45, 7) is 4.98. The highest BCUT2D eigenvalue weighted by atomic mass is 32.1. The molecule has 2 amide bonds. The van der Waals surface area contributed by atoms with Gasteiger partial charge in [0.15, 0.2) is 0 Å². The average Bonchev–Trinajstić information content (AvgIpc) is 2.82. The van der Waals surface area contributed by atoms with Gasteiger partial charge in [-0.1, -0.05) is 12.1 Å². The van der Waals surface area contributed by atoms with Crippen LogP contribution < -0.4 is 15.5 Å². The zero-order chi connectivity index (χ0) is 16.1. The summed E-state index contributed by atoms with van der Waals surface area (Å²) >= 11 is 1.62. The van der Waals surface area contributed by atoms with Gasteiger partial charge in [-0.25, -0.2) is 9.78 Å². The number of nitrogens with zero attached hydrogens (tertiary/aromatic N) is 2. The summed E-state index contributed by atoms with van der Waals surface area (Å²) in [7, 11) is 3.99. The number of anilines is 1. The van der Waals surface area contributed by atoms with Gasteiger partial charge in [0, 0.05) is 31.2 Å². The van der Waals surface area contributed by atoms with Gasteiger partial charge in [-0.3, -0.25) is 0 Å². The molecule has 0 aliphatic carbocycles. The molecule has 1 aromatic carbocycles. The van der Waals surface area contributed by atoms with Crippen molar-refractivity contribution >= 4 is 23.1 Å². The summed E-state index contributed by atoms with van der Waals surface area (Å²) in [5.41, 5.74) is 3.22. The van der Waals surface area contributed by atoms with Crippen molar-refractivity contribution in [3.05, 3.63) is 45.4 Å². The lowest BCUT2D eigenvalue weighted by Crippen LogP contribution is -2.34. The standard InChI is InChI=1S/C16H22N4OS/c1-11-12(2)22-15(19-11)10-18-16(21)17-9-13-6-5-7-14(8-13)20(3)4/h5-8H,9-10H2,1-4H3,(H2,17,18,21). The van der Waals surface area contributed by atoms with Crippen molar-refractivity contribution < 1.29 is 4.79 Å². The molecular weight excluding hydrogens is 296 g/mol. The van der Waals surface area contributed by atoms with Crippen molar-refractivity contribution in [3.8, 4) is 0 Å². The minimum Gasteiger partial charge on any atom is -0.378 e. The number of hydrogen-bond donors (Lipinski definition) is 2. The predicted octanol–water partition coefficient (Wildman–Crippen LogP) is 2.83. The Kier molecular flexibility index (Phi) is 5.38. The fourth-order valence-electron chi connectivity index (χ4n) is 1.96. The molecule has 0 aliphatic rings. The lowest BCUT2D eigenvalue weighted by Gasteiger charge is -2.14. The Morgan fingerprint density at radius 2 is 1.95 bits per heavy atom. The molecule has 0 atom stereocenters. The van der Waals surface area contributed by atoms with E-state index in [-0.39, 0.29) is 6.03 Å². The van der Waals surface area contributed by atoms with Crippen LogP contribution in [0.5, 0.6) is 0 Å². The summed E-state index contributed by atoms with van der Waals surface area (Å²) in [6.07, 6.45) is 0. The highest BCUT2D eigenvalue weighted by molar-refractivity contribution is 7.11. The number of rotatable bonds is 5. The molecule has 2 rings (SSSR count). The van der Waals surface area contributed by atoms with Crippen molar-refractivity contribution in [1.29, 1.82) is 0 Å². The molecule has 1 heterocycles. The third kappa shape index (κ3) is 4.46. The maximum atomic E-state index is 11.8. The maximum Gasteiger partial charge on any atom is 0.315 e. The summed E-state index contributed by atoms with van der Waals surface area (Å²) in [5.74, 6) is 0. The van der Waals surface area contributed by atoms with Gasteiger partial charge < -0.3 is 15.5 Å². The second-order valence-electron chi connectivity index (χ2n) is 5.35. The highest BCUT2D eigenvalue weighted by Gasteiger charge is 2.06. The third-order valence-corrected chi connectivity index (χ3v) is 4.43. The lowest BCUT2D eigenvalue weighted by atomic mass is 10.2. The van der Waals surface area contributed by atoms with Gasteiger partial charge in [0.2, 0.25) is 0 Å². The minimum absolute atomic E-state index is 0.180.